The summed E-state index contributed by atoms with van der Waals surface area (Å²) in [5.41, 5.74) is 2.14. The van der Waals surface area contributed by atoms with Crippen molar-refractivity contribution >= 4 is 10.0 Å². The van der Waals surface area contributed by atoms with Crippen LogP contribution in [0.1, 0.15) is 29.7 Å². The van der Waals surface area contributed by atoms with Crippen LogP contribution in [-0.4, -0.2) is 29.7 Å². The lowest BCUT2D eigenvalue weighted by molar-refractivity contribution is 0.395. The van der Waals surface area contributed by atoms with E-state index in [0.29, 0.717) is 28.4 Å². The van der Waals surface area contributed by atoms with Crippen LogP contribution in [0.3, 0.4) is 0 Å². The summed E-state index contributed by atoms with van der Waals surface area (Å²) >= 11 is 0. The van der Waals surface area contributed by atoms with Crippen molar-refractivity contribution in [3.05, 3.63) is 47.0 Å². The second-order valence-electron chi connectivity index (χ2n) is 5.97. The van der Waals surface area contributed by atoms with E-state index in [1.165, 1.54) is 0 Å². The third-order valence-corrected chi connectivity index (χ3v) is 6.12. The average Bonchev–Trinajstić information content (AvgIpc) is 2.62. The number of rotatable bonds is 7. The molecule has 0 aromatic heterocycles. The zero-order valence-electron chi connectivity index (χ0n) is 15.9. The predicted molar refractivity (Wildman–Crippen MR) is 101 cm³/mol. The van der Waals surface area contributed by atoms with E-state index in [-0.39, 0.29) is 4.90 Å². The first kappa shape index (κ1) is 20.1. The van der Waals surface area contributed by atoms with Crippen LogP contribution in [0.25, 0.3) is 0 Å². The lowest BCUT2D eigenvalue weighted by Crippen LogP contribution is -2.28. The monoisotopic (exact) mass is 379 g/mol. The van der Waals surface area contributed by atoms with Gasteiger partial charge in [0.15, 0.2) is 0 Å². The van der Waals surface area contributed by atoms with Crippen molar-refractivity contribution in [2.24, 2.45) is 0 Å². The molecule has 1 N–H and O–H groups in total. The van der Waals surface area contributed by atoms with Gasteiger partial charge in [-0.2, -0.15) is 0 Å². The van der Waals surface area contributed by atoms with Crippen LogP contribution in [0.4, 0.5) is 0 Å². The Morgan fingerprint density at radius 3 is 2.08 bits per heavy atom. The standard InChI is InChI=1S/C19H25NO5S/c1-12-13(2)19(10-9-17(12)24-5)26(21,22)20-14(3)16-11-15(23-4)7-8-18(16)25-6/h7-11,14,20H,1-6H3/t14-/m0/s1. The van der Waals surface area contributed by atoms with Gasteiger partial charge in [-0.3, -0.25) is 0 Å². The Labute approximate surface area is 155 Å². The summed E-state index contributed by atoms with van der Waals surface area (Å²) in [6.45, 7) is 5.37. The van der Waals surface area contributed by atoms with Gasteiger partial charge in [0.1, 0.15) is 17.2 Å². The maximum Gasteiger partial charge on any atom is 0.241 e. The van der Waals surface area contributed by atoms with Crippen molar-refractivity contribution < 1.29 is 22.6 Å². The molecule has 2 aromatic carbocycles. The molecule has 2 aromatic rings. The Morgan fingerprint density at radius 1 is 0.885 bits per heavy atom. The van der Waals surface area contributed by atoms with E-state index in [1.807, 2.05) is 6.92 Å². The smallest absolute Gasteiger partial charge is 0.241 e. The highest BCUT2D eigenvalue weighted by atomic mass is 32.2. The molecule has 0 aliphatic heterocycles. The molecule has 0 radical (unpaired) electrons. The van der Waals surface area contributed by atoms with E-state index in [9.17, 15) is 8.42 Å². The van der Waals surface area contributed by atoms with Gasteiger partial charge >= 0.3 is 0 Å². The Bertz CT molecular complexity index is 893. The maximum absolute atomic E-state index is 12.9. The SMILES string of the molecule is COc1ccc(OC)c([C@H](C)NS(=O)(=O)c2ccc(OC)c(C)c2C)c1. The van der Waals surface area contributed by atoms with E-state index in [4.69, 9.17) is 14.2 Å². The first-order chi connectivity index (χ1) is 12.2. The molecule has 0 aliphatic rings. The van der Waals surface area contributed by atoms with Gasteiger partial charge in [-0.25, -0.2) is 13.1 Å². The highest BCUT2D eigenvalue weighted by molar-refractivity contribution is 7.89. The van der Waals surface area contributed by atoms with Crippen LogP contribution in [0, 0.1) is 13.8 Å². The second kappa shape index (κ2) is 7.97. The van der Waals surface area contributed by atoms with Gasteiger partial charge in [0.25, 0.3) is 0 Å². The molecule has 0 bridgehead atoms. The molecular weight excluding hydrogens is 354 g/mol. The molecule has 0 unspecified atom stereocenters. The van der Waals surface area contributed by atoms with E-state index in [2.05, 4.69) is 4.72 Å². The third-order valence-electron chi connectivity index (χ3n) is 4.43. The van der Waals surface area contributed by atoms with Gasteiger partial charge in [0, 0.05) is 11.6 Å². The molecule has 0 heterocycles. The number of hydrogen-bond acceptors (Lipinski definition) is 5. The molecule has 1 atom stereocenters. The zero-order valence-corrected chi connectivity index (χ0v) is 16.7. The lowest BCUT2D eigenvalue weighted by Gasteiger charge is -2.20. The van der Waals surface area contributed by atoms with E-state index < -0.39 is 16.1 Å². The molecule has 0 spiro atoms. The summed E-state index contributed by atoms with van der Waals surface area (Å²) in [6.07, 6.45) is 0. The molecule has 0 fully saturated rings. The lowest BCUT2D eigenvalue weighted by atomic mass is 10.1. The van der Waals surface area contributed by atoms with Crippen molar-refractivity contribution in [1.29, 1.82) is 0 Å². The molecule has 2 rings (SSSR count). The zero-order chi connectivity index (χ0) is 19.5. The fourth-order valence-electron chi connectivity index (χ4n) is 2.82. The normalized spacial score (nSPS) is 12.5. The van der Waals surface area contributed by atoms with E-state index >= 15 is 0 Å². The molecule has 142 valence electrons. The highest BCUT2D eigenvalue weighted by Gasteiger charge is 2.24. The Kier molecular flexibility index (Phi) is 6.15. The van der Waals surface area contributed by atoms with Crippen molar-refractivity contribution in [1.82, 2.24) is 4.72 Å². The minimum absolute atomic E-state index is 0.226. The number of methoxy groups -OCH3 is 3. The predicted octanol–water partition coefficient (Wildman–Crippen LogP) is 3.37. The molecule has 0 amide bonds. The van der Waals surface area contributed by atoms with Crippen LogP contribution in [-0.2, 0) is 10.0 Å². The van der Waals surface area contributed by atoms with Gasteiger partial charge in [0.2, 0.25) is 10.0 Å². The van der Waals surface area contributed by atoms with Gasteiger partial charge in [0.05, 0.1) is 26.2 Å². The molecular formula is C19H25NO5S. The Morgan fingerprint density at radius 2 is 1.50 bits per heavy atom. The fourth-order valence-corrected chi connectivity index (χ4v) is 4.34. The quantitative estimate of drug-likeness (QED) is 0.798. The molecule has 0 saturated carbocycles. The fraction of sp³-hybridized carbons (Fsp3) is 0.368. The van der Waals surface area contributed by atoms with Gasteiger partial charge in [-0.05, 0) is 62.2 Å². The molecule has 0 saturated heterocycles. The van der Waals surface area contributed by atoms with Crippen LogP contribution in [0.15, 0.2) is 35.2 Å². The largest absolute Gasteiger partial charge is 0.497 e. The second-order valence-corrected chi connectivity index (χ2v) is 7.65. The minimum atomic E-state index is -3.73. The summed E-state index contributed by atoms with van der Waals surface area (Å²) in [6, 6.07) is 7.99. The van der Waals surface area contributed by atoms with Gasteiger partial charge < -0.3 is 14.2 Å². The number of hydrogen-bond donors (Lipinski definition) is 1. The first-order valence-electron chi connectivity index (χ1n) is 8.13. The summed E-state index contributed by atoms with van der Waals surface area (Å²) in [5, 5.41) is 0. The molecule has 7 heteroatoms. The number of ether oxygens (including phenoxy) is 3. The van der Waals surface area contributed by atoms with Crippen LogP contribution in [0.2, 0.25) is 0 Å². The average molecular weight is 379 g/mol. The summed E-state index contributed by atoms with van der Waals surface area (Å²) in [7, 11) is 0.933. The maximum atomic E-state index is 12.9. The van der Waals surface area contributed by atoms with Gasteiger partial charge in [-0.1, -0.05) is 0 Å². The number of sulfonamides is 1. The Hall–Kier alpha value is -2.25. The minimum Gasteiger partial charge on any atom is -0.497 e. The topological polar surface area (TPSA) is 73.9 Å². The van der Waals surface area contributed by atoms with Crippen molar-refractivity contribution in [2.75, 3.05) is 21.3 Å². The van der Waals surface area contributed by atoms with Crippen LogP contribution >= 0.6 is 0 Å². The first-order valence-corrected chi connectivity index (χ1v) is 9.62. The summed E-state index contributed by atoms with van der Waals surface area (Å²) in [4.78, 5) is 0.226. The van der Waals surface area contributed by atoms with Crippen molar-refractivity contribution in [3.8, 4) is 17.2 Å². The van der Waals surface area contributed by atoms with Crippen LogP contribution in [0.5, 0.6) is 17.2 Å². The Balaban J connectivity index is 2.40. The van der Waals surface area contributed by atoms with E-state index in [0.717, 1.165) is 5.56 Å². The summed E-state index contributed by atoms with van der Waals surface area (Å²) < 4.78 is 44.4. The third kappa shape index (κ3) is 3.94. The van der Waals surface area contributed by atoms with E-state index in [1.54, 1.807) is 65.5 Å². The number of nitrogens with one attached hydrogen (secondary N) is 1. The molecule has 0 aliphatic carbocycles. The molecule has 6 nitrogen and oxygen atoms in total. The van der Waals surface area contributed by atoms with Crippen molar-refractivity contribution in [2.45, 2.75) is 31.7 Å². The van der Waals surface area contributed by atoms with Crippen LogP contribution < -0.4 is 18.9 Å². The highest BCUT2D eigenvalue weighted by Crippen LogP contribution is 2.32. The number of benzene rings is 2. The summed E-state index contributed by atoms with van der Waals surface area (Å²) in [5.74, 6) is 1.87. The van der Waals surface area contributed by atoms with Gasteiger partial charge in [-0.15, -0.1) is 0 Å². The molecule has 26 heavy (non-hydrogen) atoms. The van der Waals surface area contributed by atoms with Crippen molar-refractivity contribution in [3.63, 3.8) is 0 Å².